The number of aromatic nitrogens is 1. The number of nitrogens with one attached hydrogen (secondary N) is 3. The lowest BCUT2D eigenvalue weighted by Crippen LogP contribution is -2.31. The fourth-order valence-electron chi connectivity index (χ4n) is 1.79. The van der Waals surface area contributed by atoms with Crippen LogP contribution in [0.25, 0.3) is 0 Å². The first-order valence-corrected chi connectivity index (χ1v) is 7.27. The third kappa shape index (κ3) is 3.77. The van der Waals surface area contributed by atoms with Crippen LogP contribution in [0.3, 0.4) is 0 Å². The van der Waals surface area contributed by atoms with Crippen LogP contribution in [0.15, 0.2) is 5.38 Å². The van der Waals surface area contributed by atoms with Crippen molar-refractivity contribution in [1.29, 1.82) is 0 Å². The number of amides is 4. The van der Waals surface area contributed by atoms with Gasteiger partial charge in [0.1, 0.15) is 11.0 Å². The predicted octanol–water partition coefficient (Wildman–Crippen LogP) is 0.310. The van der Waals surface area contributed by atoms with Gasteiger partial charge >= 0.3 is 6.03 Å². The van der Waals surface area contributed by atoms with Crippen LogP contribution in [0, 0.1) is 0 Å². The maximum Gasteiger partial charge on any atom is 0.322 e. The van der Waals surface area contributed by atoms with Gasteiger partial charge in [0.15, 0.2) is 0 Å². The van der Waals surface area contributed by atoms with E-state index in [2.05, 4.69) is 20.9 Å². The summed E-state index contributed by atoms with van der Waals surface area (Å²) in [7, 11) is 0. The molecule has 0 radical (unpaired) electrons. The van der Waals surface area contributed by atoms with Crippen LogP contribution in [-0.2, 0) is 22.6 Å². The summed E-state index contributed by atoms with van der Waals surface area (Å²) in [6, 6.07) is -1.12. The third-order valence-corrected chi connectivity index (χ3v) is 3.81. The highest BCUT2D eigenvalue weighted by atomic mass is 32.1. The second-order valence-electron chi connectivity index (χ2n) is 4.42. The number of nitrogens with zero attached hydrogens (tertiary/aromatic N) is 1. The first kappa shape index (κ1) is 14.4. The number of hydrogen-bond donors (Lipinski definition) is 3. The molecule has 108 valence electrons. The van der Waals surface area contributed by atoms with Crippen LogP contribution >= 0.6 is 11.3 Å². The molecule has 20 heavy (non-hydrogen) atoms. The molecule has 0 aromatic carbocycles. The highest BCUT2D eigenvalue weighted by Crippen LogP contribution is 2.10. The average molecular weight is 296 g/mol. The van der Waals surface area contributed by atoms with Crippen LogP contribution in [-0.4, -0.2) is 28.9 Å². The van der Waals surface area contributed by atoms with E-state index in [4.69, 9.17) is 0 Å². The molecule has 2 heterocycles. The van der Waals surface area contributed by atoms with Gasteiger partial charge in [-0.3, -0.25) is 14.9 Å². The molecule has 8 heteroatoms. The fourth-order valence-corrected chi connectivity index (χ4v) is 2.61. The molecule has 0 spiro atoms. The second kappa shape index (κ2) is 6.47. The smallest absolute Gasteiger partial charge is 0.322 e. The summed E-state index contributed by atoms with van der Waals surface area (Å²) < 4.78 is 0. The van der Waals surface area contributed by atoms with Crippen molar-refractivity contribution >= 4 is 29.2 Å². The molecule has 0 unspecified atom stereocenters. The van der Waals surface area contributed by atoms with E-state index >= 15 is 0 Å². The zero-order valence-electron chi connectivity index (χ0n) is 11.1. The molecular weight excluding hydrogens is 280 g/mol. The summed E-state index contributed by atoms with van der Waals surface area (Å²) in [5.74, 6) is -0.539. The standard InChI is InChI=1S/C12H16N4O3S/c1-2-7-6-20-10(14-7)5-13-9(17)4-3-8-11(18)16-12(19)15-8/h6,8H,2-5H2,1H3,(H,13,17)(H2,15,16,18,19)/t8-/m0/s1. The van der Waals surface area contributed by atoms with Gasteiger partial charge in [0.25, 0.3) is 5.91 Å². The number of carbonyl (C=O) groups excluding carboxylic acids is 3. The number of imide groups is 1. The Morgan fingerprint density at radius 1 is 1.50 bits per heavy atom. The van der Waals surface area contributed by atoms with E-state index in [0.717, 1.165) is 17.1 Å². The number of thiazole rings is 1. The summed E-state index contributed by atoms with van der Waals surface area (Å²) in [5.41, 5.74) is 1.02. The Bertz CT molecular complexity index is 529. The number of hydrogen-bond acceptors (Lipinski definition) is 5. The molecular formula is C12H16N4O3S. The molecule has 1 atom stereocenters. The highest BCUT2D eigenvalue weighted by Gasteiger charge is 2.29. The van der Waals surface area contributed by atoms with Crippen LogP contribution in [0.2, 0.25) is 0 Å². The Hall–Kier alpha value is -1.96. The monoisotopic (exact) mass is 296 g/mol. The van der Waals surface area contributed by atoms with Crippen molar-refractivity contribution in [2.24, 2.45) is 0 Å². The Balaban J connectivity index is 1.70. The zero-order chi connectivity index (χ0) is 14.5. The lowest BCUT2D eigenvalue weighted by Gasteiger charge is -2.07. The normalized spacial score (nSPS) is 17.8. The summed E-state index contributed by atoms with van der Waals surface area (Å²) in [6.45, 7) is 2.42. The van der Waals surface area contributed by atoms with Crippen molar-refractivity contribution in [2.75, 3.05) is 0 Å². The van der Waals surface area contributed by atoms with Crippen molar-refractivity contribution in [3.63, 3.8) is 0 Å². The van der Waals surface area contributed by atoms with Gasteiger partial charge in [0.05, 0.1) is 12.2 Å². The van der Waals surface area contributed by atoms with Crippen LogP contribution in [0.4, 0.5) is 4.79 Å². The predicted molar refractivity (Wildman–Crippen MR) is 73.0 cm³/mol. The minimum Gasteiger partial charge on any atom is -0.350 e. The van der Waals surface area contributed by atoms with E-state index in [-0.39, 0.29) is 18.2 Å². The summed E-state index contributed by atoms with van der Waals surface area (Å²) in [5, 5.41) is 10.2. The lowest BCUT2D eigenvalue weighted by atomic mass is 10.1. The van der Waals surface area contributed by atoms with E-state index < -0.39 is 12.1 Å². The molecule has 1 aromatic rings. The number of rotatable bonds is 6. The summed E-state index contributed by atoms with van der Waals surface area (Å²) in [4.78, 5) is 38.2. The molecule has 3 N–H and O–H groups in total. The fraction of sp³-hybridized carbons (Fsp3) is 0.500. The van der Waals surface area contributed by atoms with Gasteiger partial charge < -0.3 is 10.6 Å². The maximum atomic E-state index is 11.7. The zero-order valence-corrected chi connectivity index (χ0v) is 11.9. The summed E-state index contributed by atoms with van der Waals surface area (Å²) >= 11 is 1.51. The van der Waals surface area contributed by atoms with Crippen molar-refractivity contribution in [2.45, 2.75) is 38.8 Å². The quantitative estimate of drug-likeness (QED) is 0.658. The minimum atomic E-state index is -0.611. The molecule has 2 rings (SSSR count). The average Bonchev–Trinajstić information content (AvgIpc) is 3.00. The first-order valence-electron chi connectivity index (χ1n) is 6.40. The molecule has 0 saturated carbocycles. The highest BCUT2D eigenvalue weighted by molar-refractivity contribution is 7.09. The van der Waals surface area contributed by atoms with Crippen LogP contribution in [0.5, 0.6) is 0 Å². The Morgan fingerprint density at radius 3 is 2.90 bits per heavy atom. The molecule has 1 saturated heterocycles. The third-order valence-electron chi connectivity index (χ3n) is 2.92. The first-order chi connectivity index (χ1) is 9.58. The van der Waals surface area contributed by atoms with Crippen LogP contribution in [0.1, 0.15) is 30.5 Å². The Labute approximate surface area is 120 Å². The van der Waals surface area contributed by atoms with Crippen molar-refractivity contribution in [3.05, 3.63) is 16.1 Å². The molecule has 1 aromatic heterocycles. The van der Waals surface area contributed by atoms with E-state index in [1.165, 1.54) is 11.3 Å². The van der Waals surface area contributed by atoms with E-state index in [0.29, 0.717) is 13.0 Å². The summed E-state index contributed by atoms with van der Waals surface area (Å²) in [6.07, 6.45) is 1.35. The van der Waals surface area contributed by atoms with Gasteiger partial charge in [-0.15, -0.1) is 11.3 Å². The van der Waals surface area contributed by atoms with Crippen molar-refractivity contribution in [3.8, 4) is 0 Å². The maximum absolute atomic E-state index is 11.7. The Kier molecular flexibility index (Phi) is 4.67. The van der Waals surface area contributed by atoms with E-state index in [1.807, 2.05) is 12.3 Å². The van der Waals surface area contributed by atoms with Crippen molar-refractivity contribution in [1.82, 2.24) is 20.9 Å². The van der Waals surface area contributed by atoms with E-state index in [9.17, 15) is 14.4 Å². The number of carbonyl (C=O) groups is 3. The minimum absolute atomic E-state index is 0.160. The molecule has 7 nitrogen and oxygen atoms in total. The molecule has 0 bridgehead atoms. The van der Waals surface area contributed by atoms with E-state index in [1.54, 1.807) is 0 Å². The molecule has 4 amide bonds. The molecule has 1 aliphatic rings. The Morgan fingerprint density at radius 2 is 2.30 bits per heavy atom. The van der Waals surface area contributed by atoms with Gasteiger partial charge in [-0.2, -0.15) is 0 Å². The SMILES string of the molecule is CCc1csc(CNC(=O)CC[C@@H]2NC(=O)NC2=O)n1. The molecule has 0 aliphatic carbocycles. The molecule has 1 fully saturated rings. The lowest BCUT2D eigenvalue weighted by molar-refractivity contribution is -0.122. The van der Waals surface area contributed by atoms with Gasteiger partial charge in [-0.25, -0.2) is 9.78 Å². The van der Waals surface area contributed by atoms with Gasteiger partial charge in [-0.05, 0) is 12.8 Å². The number of aryl methyl sites for hydroxylation is 1. The topological polar surface area (TPSA) is 100 Å². The second-order valence-corrected chi connectivity index (χ2v) is 5.36. The number of urea groups is 1. The molecule has 1 aliphatic heterocycles. The van der Waals surface area contributed by atoms with Gasteiger partial charge in [-0.1, -0.05) is 6.92 Å². The largest absolute Gasteiger partial charge is 0.350 e. The van der Waals surface area contributed by atoms with Crippen molar-refractivity contribution < 1.29 is 14.4 Å². The van der Waals surface area contributed by atoms with Crippen LogP contribution < -0.4 is 16.0 Å². The van der Waals surface area contributed by atoms with Gasteiger partial charge in [0.2, 0.25) is 5.91 Å². The van der Waals surface area contributed by atoms with Gasteiger partial charge in [0, 0.05) is 11.8 Å².